The summed E-state index contributed by atoms with van der Waals surface area (Å²) in [6.45, 7) is 5.71. The number of ether oxygens (including phenoxy) is 1. The minimum absolute atomic E-state index is 0. The number of hydrogen-bond acceptors (Lipinski definition) is 4. The fourth-order valence-electron chi connectivity index (χ4n) is 6.16. The Kier molecular flexibility index (Phi) is 8.08. The summed E-state index contributed by atoms with van der Waals surface area (Å²) in [6, 6.07) is 9.52. The lowest BCUT2D eigenvalue weighted by atomic mass is 9.61. The number of amides is 1. The second-order valence-electron chi connectivity index (χ2n) is 9.24. The summed E-state index contributed by atoms with van der Waals surface area (Å²) < 4.78 is 5.54. The van der Waals surface area contributed by atoms with Crippen LogP contribution in [0.3, 0.4) is 0 Å². The maximum atomic E-state index is 13.6. The number of morpholine rings is 1. The molecule has 1 aromatic rings. The van der Waals surface area contributed by atoms with Crippen LogP contribution < -0.4 is 10.6 Å². The van der Waals surface area contributed by atoms with Crippen LogP contribution in [0.1, 0.15) is 36.8 Å². The van der Waals surface area contributed by atoms with E-state index in [1.54, 1.807) is 0 Å². The van der Waals surface area contributed by atoms with Gasteiger partial charge in [0.05, 0.1) is 18.6 Å². The zero-order chi connectivity index (χ0) is 19.0. The smallest absolute Gasteiger partial charge is 0.228 e. The number of carbonyl (C=O) groups is 1. The molecule has 3 atom stereocenters. The standard InChI is InChI=1S/C23H33N3O2.2ClH/c27-22(25-20-13-17-3-1-2-4-18(17)14-20)23-7-5-21(26-9-11-28-12-10-26)15-19(23)6-8-24-16-23;;/h1-4,19-21,24H,5-16H2,(H,25,27);2*1H/t19-,21-,23-;;/m1../s1. The van der Waals surface area contributed by atoms with Crippen LogP contribution in [-0.4, -0.2) is 62.3 Å². The minimum Gasteiger partial charge on any atom is -0.379 e. The molecular formula is C23H35Cl2N3O2. The number of benzene rings is 1. The Balaban J connectivity index is 0.00000128. The van der Waals surface area contributed by atoms with Gasteiger partial charge in [-0.3, -0.25) is 9.69 Å². The van der Waals surface area contributed by atoms with Crippen molar-refractivity contribution in [2.45, 2.75) is 50.6 Å². The van der Waals surface area contributed by atoms with E-state index in [2.05, 4.69) is 39.8 Å². The van der Waals surface area contributed by atoms with E-state index in [-0.39, 0.29) is 36.3 Å². The van der Waals surface area contributed by atoms with Gasteiger partial charge in [-0.05, 0) is 62.1 Å². The molecule has 1 aromatic carbocycles. The first-order valence-corrected chi connectivity index (χ1v) is 11.1. The molecule has 1 amide bonds. The summed E-state index contributed by atoms with van der Waals surface area (Å²) in [6.07, 6.45) is 6.40. The van der Waals surface area contributed by atoms with Crippen molar-refractivity contribution < 1.29 is 9.53 Å². The summed E-state index contributed by atoms with van der Waals surface area (Å²) in [7, 11) is 0. The van der Waals surface area contributed by atoms with Gasteiger partial charge in [-0.25, -0.2) is 0 Å². The largest absolute Gasteiger partial charge is 0.379 e. The molecule has 2 aliphatic heterocycles. The van der Waals surface area contributed by atoms with Gasteiger partial charge in [0.1, 0.15) is 0 Å². The Morgan fingerprint density at radius 3 is 2.50 bits per heavy atom. The number of nitrogens with one attached hydrogen (secondary N) is 2. The van der Waals surface area contributed by atoms with E-state index in [4.69, 9.17) is 4.74 Å². The highest BCUT2D eigenvalue weighted by molar-refractivity contribution is 5.85. The van der Waals surface area contributed by atoms with Gasteiger partial charge in [0.2, 0.25) is 5.91 Å². The minimum atomic E-state index is -0.212. The molecule has 0 unspecified atom stereocenters. The fourth-order valence-corrected chi connectivity index (χ4v) is 6.16. The normalized spacial score (nSPS) is 31.6. The predicted octanol–water partition coefficient (Wildman–Crippen LogP) is 2.59. The third-order valence-corrected chi connectivity index (χ3v) is 7.77. The Morgan fingerprint density at radius 1 is 1.10 bits per heavy atom. The number of carbonyl (C=O) groups excluding carboxylic acids is 1. The van der Waals surface area contributed by atoms with Crippen LogP contribution in [0.2, 0.25) is 0 Å². The summed E-state index contributed by atoms with van der Waals surface area (Å²) in [5.74, 6) is 0.807. The third kappa shape index (κ3) is 4.51. The SMILES string of the molecule is Cl.Cl.O=C(NC1Cc2ccccc2C1)[C@@]12CC[C@@H](N3CCOCC3)C[C@H]1CCNC2. The highest BCUT2D eigenvalue weighted by atomic mass is 35.5. The number of halogens is 2. The Bertz CT molecular complexity index is 703. The molecule has 168 valence electrons. The van der Waals surface area contributed by atoms with Crippen LogP contribution in [0.5, 0.6) is 0 Å². The third-order valence-electron chi connectivity index (χ3n) is 7.77. The molecule has 0 bridgehead atoms. The maximum absolute atomic E-state index is 13.6. The van der Waals surface area contributed by atoms with Crippen molar-refractivity contribution in [2.24, 2.45) is 11.3 Å². The Morgan fingerprint density at radius 2 is 1.80 bits per heavy atom. The molecule has 0 spiro atoms. The number of hydrogen-bond donors (Lipinski definition) is 2. The highest BCUT2D eigenvalue weighted by Gasteiger charge is 2.51. The van der Waals surface area contributed by atoms with Crippen LogP contribution in [0.4, 0.5) is 0 Å². The molecule has 0 radical (unpaired) electrons. The van der Waals surface area contributed by atoms with E-state index in [9.17, 15) is 4.79 Å². The molecule has 2 heterocycles. The van der Waals surface area contributed by atoms with E-state index in [0.717, 1.165) is 71.5 Å². The van der Waals surface area contributed by atoms with E-state index in [1.165, 1.54) is 17.5 Å². The van der Waals surface area contributed by atoms with Gasteiger partial charge in [0.25, 0.3) is 0 Å². The second-order valence-corrected chi connectivity index (χ2v) is 9.24. The molecule has 7 heteroatoms. The van der Waals surface area contributed by atoms with Crippen LogP contribution in [0.15, 0.2) is 24.3 Å². The van der Waals surface area contributed by atoms with Crippen molar-refractivity contribution in [3.05, 3.63) is 35.4 Å². The first kappa shape index (κ1) is 23.8. The van der Waals surface area contributed by atoms with Crippen LogP contribution >= 0.6 is 24.8 Å². The Labute approximate surface area is 192 Å². The van der Waals surface area contributed by atoms with Gasteiger partial charge in [0, 0.05) is 31.7 Å². The summed E-state index contributed by atoms with van der Waals surface area (Å²) >= 11 is 0. The lowest BCUT2D eigenvalue weighted by Gasteiger charge is -2.51. The maximum Gasteiger partial charge on any atom is 0.228 e. The zero-order valence-corrected chi connectivity index (χ0v) is 19.2. The lowest BCUT2D eigenvalue weighted by molar-refractivity contribution is -0.141. The summed E-state index contributed by atoms with van der Waals surface area (Å²) in [4.78, 5) is 16.2. The highest BCUT2D eigenvalue weighted by Crippen LogP contribution is 2.46. The van der Waals surface area contributed by atoms with Crippen molar-refractivity contribution in [2.75, 3.05) is 39.4 Å². The first-order chi connectivity index (χ1) is 13.7. The van der Waals surface area contributed by atoms with Crippen molar-refractivity contribution >= 4 is 30.7 Å². The first-order valence-electron chi connectivity index (χ1n) is 11.1. The van der Waals surface area contributed by atoms with Gasteiger partial charge < -0.3 is 15.4 Å². The molecule has 2 N–H and O–H groups in total. The molecule has 2 saturated heterocycles. The quantitative estimate of drug-likeness (QED) is 0.735. The van der Waals surface area contributed by atoms with E-state index < -0.39 is 0 Å². The molecule has 0 aromatic heterocycles. The molecular weight excluding hydrogens is 421 g/mol. The second kappa shape index (κ2) is 10.2. The number of rotatable bonds is 3. The molecule has 1 saturated carbocycles. The van der Waals surface area contributed by atoms with Gasteiger partial charge in [-0.15, -0.1) is 24.8 Å². The summed E-state index contributed by atoms with van der Waals surface area (Å²) in [5.41, 5.74) is 2.59. The lowest BCUT2D eigenvalue weighted by Crippen LogP contribution is -2.61. The van der Waals surface area contributed by atoms with Crippen molar-refractivity contribution in [3.8, 4) is 0 Å². The molecule has 3 fully saturated rings. The molecule has 5 nitrogen and oxygen atoms in total. The zero-order valence-electron chi connectivity index (χ0n) is 17.6. The van der Waals surface area contributed by atoms with Crippen LogP contribution in [0.25, 0.3) is 0 Å². The molecule has 2 aliphatic carbocycles. The van der Waals surface area contributed by atoms with Gasteiger partial charge >= 0.3 is 0 Å². The topological polar surface area (TPSA) is 53.6 Å². The van der Waals surface area contributed by atoms with E-state index >= 15 is 0 Å². The van der Waals surface area contributed by atoms with Crippen molar-refractivity contribution in [1.82, 2.24) is 15.5 Å². The van der Waals surface area contributed by atoms with Gasteiger partial charge in [0.15, 0.2) is 0 Å². The molecule has 5 rings (SSSR count). The number of fused-ring (bicyclic) bond motifs is 2. The Hall–Kier alpha value is -0.850. The van der Waals surface area contributed by atoms with Crippen LogP contribution in [0, 0.1) is 11.3 Å². The van der Waals surface area contributed by atoms with Crippen molar-refractivity contribution in [3.63, 3.8) is 0 Å². The predicted molar refractivity (Wildman–Crippen MR) is 124 cm³/mol. The van der Waals surface area contributed by atoms with Gasteiger partial charge in [-0.1, -0.05) is 24.3 Å². The number of piperidine rings is 1. The molecule has 4 aliphatic rings. The average Bonchev–Trinajstić information content (AvgIpc) is 3.16. The monoisotopic (exact) mass is 455 g/mol. The van der Waals surface area contributed by atoms with E-state index in [0.29, 0.717) is 17.9 Å². The molecule has 30 heavy (non-hydrogen) atoms. The van der Waals surface area contributed by atoms with Gasteiger partial charge in [-0.2, -0.15) is 0 Å². The fraction of sp³-hybridized carbons (Fsp3) is 0.696. The summed E-state index contributed by atoms with van der Waals surface area (Å²) in [5, 5.41) is 7.01. The number of nitrogens with zero attached hydrogens (tertiary/aromatic N) is 1. The van der Waals surface area contributed by atoms with Crippen LogP contribution in [-0.2, 0) is 22.4 Å². The van der Waals surface area contributed by atoms with E-state index in [1.807, 2.05) is 0 Å². The van der Waals surface area contributed by atoms with Crippen molar-refractivity contribution in [1.29, 1.82) is 0 Å². The average molecular weight is 456 g/mol.